The van der Waals surface area contributed by atoms with Crippen molar-refractivity contribution in [1.82, 2.24) is 5.32 Å². The summed E-state index contributed by atoms with van der Waals surface area (Å²) in [5, 5.41) is 3.02. The largest absolute Gasteiger partial charge is 0.313 e. The highest BCUT2D eigenvalue weighted by molar-refractivity contribution is 7.93. The highest BCUT2D eigenvalue weighted by Gasteiger charge is 2.51. The molecule has 2 aliphatic rings. The van der Waals surface area contributed by atoms with E-state index in [0.29, 0.717) is 18.8 Å². The molecule has 0 aliphatic carbocycles. The molecule has 0 aromatic rings. The third kappa shape index (κ3) is 1.08. The second kappa shape index (κ2) is 2.61. The Morgan fingerprint density at radius 1 is 1.27 bits per heavy atom. The third-order valence-corrected chi connectivity index (χ3v) is 5.24. The first-order valence-corrected chi connectivity index (χ1v) is 5.25. The van der Waals surface area contributed by atoms with E-state index >= 15 is 0 Å². The van der Waals surface area contributed by atoms with Gasteiger partial charge >= 0.3 is 0 Å². The number of rotatable bonds is 0. The highest BCUT2D eigenvalue weighted by Crippen LogP contribution is 2.35. The molecule has 0 radical (unpaired) electrons. The van der Waals surface area contributed by atoms with Gasteiger partial charge in [-0.25, -0.2) is 8.42 Å². The Morgan fingerprint density at radius 3 is 2.09 bits per heavy atom. The van der Waals surface area contributed by atoms with Gasteiger partial charge in [0.25, 0.3) is 0 Å². The van der Waals surface area contributed by atoms with E-state index in [1.165, 1.54) is 0 Å². The molecule has 2 heterocycles. The van der Waals surface area contributed by atoms with Crippen molar-refractivity contribution in [3.63, 3.8) is 0 Å². The van der Waals surface area contributed by atoms with Gasteiger partial charge in [0.15, 0.2) is 9.84 Å². The van der Waals surface area contributed by atoms with E-state index in [0.717, 1.165) is 12.8 Å². The SMILES string of the molecule is Cl.O=S1(=O)CCCC12CNC2. The van der Waals surface area contributed by atoms with Crippen LogP contribution in [0.1, 0.15) is 12.8 Å². The van der Waals surface area contributed by atoms with Crippen LogP contribution < -0.4 is 5.32 Å². The molecule has 0 bridgehead atoms. The summed E-state index contributed by atoms with van der Waals surface area (Å²) in [6.45, 7) is 1.38. The molecule has 66 valence electrons. The molecule has 2 saturated heterocycles. The van der Waals surface area contributed by atoms with E-state index in [4.69, 9.17) is 0 Å². The van der Waals surface area contributed by atoms with E-state index in [1.807, 2.05) is 0 Å². The van der Waals surface area contributed by atoms with Crippen molar-refractivity contribution in [3.8, 4) is 0 Å². The molecular weight excluding hydrogens is 186 g/mol. The maximum Gasteiger partial charge on any atom is 0.158 e. The zero-order chi connectivity index (χ0) is 7.24. The van der Waals surface area contributed by atoms with Crippen LogP contribution in [0.15, 0.2) is 0 Å². The first-order chi connectivity index (χ1) is 4.66. The lowest BCUT2D eigenvalue weighted by atomic mass is 9.97. The van der Waals surface area contributed by atoms with Crippen LogP contribution >= 0.6 is 12.4 Å². The number of hydrogen-bond donors (Lipinski definition) is 1. The summed E-state index contributed by atoms with van der Waals surface area (Å²) >= 11 is 0. The molecule has 2 rings (SSSR count). The zero-order valence-electron chi connectivity index (χ0n) is 6.17. The minimum atomic E-state index is -2.71. The van der Waals surface area contributed by atoms with Gasteiger partial charge in [0.1, 0.15) is 0 Å². The van der Waals surface area contributed by atoms with Crippen LogP contribution in [0.2, 0.25) is 0 Å². The molecular formula is C6H12ClNO2S. The summed E-state index contributed by atoms with van der Waals surface area (Å²) in [7, 11) is -2.71. The zero-order valence-corrected chi connectivity index (χ0v) is 7.80. The van der Waals surface area contributed by atoms with Crippen LogP contribution in [-0.2, 0) is 9.84 Å². The summed E-state index contributed by atoms with van der Waals surface area (Å²) in [6.07, 6.45) is 1.74. The normalized spacial score (nSPS) is 30.9. The molecule has 1 N–H and O–H groups in total. The summed E-state index contributed by atoms with van der Waals surface area (Å²) in [4.78, 5) is 0. The molecule has 0 saturated carbocycles. The summed E-state index contributed by atoms with van der Waals surface area (Å²) in [6, 6.07) is 0. The average molecular weight is 198 g/mol. The monoisotopic (exact) mass is 197 g/mol. The molecule has 5 heteroatoms. The smallest absolute Gasteiger partial charge is 0.158 e. The molecule has 1 spiro atoms. The lowest BCUT2D eigenvalue weighted by Crippen LogP contribution is -2.61. The fourth-order valence-corrected chi connectivity index (χ4v) is 3.81. The van der Waals surface area contributed by atoms with E-state index in [2.05, 4.69) is 5.32 Å². The number of sulfone groups is 1. The van der Waals surface area contributed by atoms with Crippen molar-refractivity contribution in [3.05, 3.63) is 0 Å². The van der Waals surface area contributed by atoms with Gasteiger partial charge in [-0.1, -0.05) is 0 Å². The van der Waals surface area contributed by atoms with Gasteiger partial charge in [0, 0.05) is 13.1 Å². The maximum atomic E-state index is 11.3. The molecule has 0 atom stereocenters. The van der Waals surface area contributed by atoms with Crippen LogP contribution in [0.3, 0.4) is 0 Å². The fourth-order valence-electron chi connectivity index (χ4n) is 1.76. The van der Waals surface area contributed by atoms with Gasteiger partial charge in [-0.2, -0.15) is 0 Å². The molecule has 0 amide bonds. The van der Waals surface area contributed by atoms with Crippen LogP contribution in [0.4, 0.5) is 0 Å². The minimum absolute atomic E-state index is 0. The first-order valence-electron chi connectivity index (χ1n) is 3.59. The van der Waals surface area contributed by atoms with E-state index in [9.17, 15) is 8.42 Å². The maximum absolute atomic E-state index is 11.3. The number of nitrogens with one attached hydrogen (secondary N) is 1. The van der Waals surface area contributed by atoms with Gasteiger partial charge in [-0.05, 0) is 12.8 Å². The van der Waals surface area contributed by atoms with Crippen molar-refractivity contribution in [1.29, 1.82) is 0 Å². The Labute approximate surface area is 72.9 Å². The molecule has 3 nitrogen and oxygen atoms in total. The van der Waals surface area contributed by atoms with Gasteiger partial charge in [-0.15, -0.1) is 12.4 Å². The molecule has 0 aromatic heterocycles. The van der Waals surface area contributed by atoms with Gasteiger partial charge < -0.3 is 5.32 Å². The quantitative estimate of drug-likeness (QED) is 0.593. The molecule has 0 aromatic carbocycles. The fraction of sp³-hybridized carbons (Fsp3) is 1.00. The number of hydrogen-bond acceptors (Lipinski definition) is 3. The molecule has 11 heavy (non-hydrogen) atoms. The van der Waals surface area contributed by atoms with Gasteiger partial charge in [0.05, 0.1) is 10.5 Å². The second-order valence-corrected chi connectivity index (χ2v) is 5.71. The lowest BCUT2D eigenvalue weighted by Gasteiger charge is -2.37. The van der Waals surface area contributed by atoms with Crippen LogP contribution in [0, 0.1) is 0 Å². The van der Waals surface area contributed by atoms with Gasteiger partial charge in [-0.3, -0.25) is 0 Å². The van der Waals surface area contributed by atoms with Crippen molar-refractivity contribution >= 4 is 22.2 Å². The van der Waals surface area contributed by atoms with Crippen LogP contribution in [-0.4, -0.2) is 32.0 Å². The van der Waals surface area contributed by atoms with E-state index in [-0.39, 0.29) is 17.2 Å². The summed E-state index contributed by atoms with van der Waals surface area (Å²) in [5.41, 5.74) is 0. The van der Waals surface area contributed by atoms with Gasteiger partial charge in [0.2, 0.25) is 0 Å². The van der Waals surface area contributed by atoms with Crippen molar-refractivity contribution in [2.24, 2.45) is 0 Å². The minimum Gasteiger partial charge on any atom is -0.313 e. The third-order valence-electron chi connectivity index (χ3n) is 2.60. The standard InChI is InChI=1S/C6H11NO2S.ClH/c8-10(9)3-1-2-6(10)4-7-5-6;/h7H,1-5H2;1H. The molecule has 2 fully saturated rings. The summed E-state index contributed by atoms with van der Waals surface area (Å²) < 4.78 is 22.3. The number of halogens is 1. The molecule has 0 unspecified atom stereocenters. The Bertz CT molecular complexity index is 245. The van der Waals surface area contributed by atoms with Crippen molar-refractivity contribution in [2.75, 3.05) is 18.8 Å². The topological polar surface area (TPSA) is 46.2 Å². The van der Waals surface area contributed by atoms with Crippen molar-refractivity contribution < 1.29 is 8.42 Å². The van der Waals surface area contributed by atoms with E-state index in [1.54, 1.807) is 0 Å². The Hall–Kier alpha value is 0.200. The van der Waals surface area contributed by atoms with Crippen molar-refractivity contribution in [2.45, 2.75) is 17.6 Å². The summed E-state index contributed by atoms with van der Waals surface area (Å²) in [5.74, 6) is 0.411. The average Bonchev–Trinajstić information content (AvgIpc) is 2.02. The van der Waals surface area contributed by atoms with Crippen LogP contribution in [0.25, 0.3) is 0 Å². The first kappa shape index (κ1) is 9.29. The Balaban J connectivity index is 0.000000605. The Kier molecular flexibility index (Phi) is 2.20. The predicted molar refractivity (Wildman–Crippen MR) is 45.9 cm³/mol. The lowest BCUT2D eigenvalue weighted by molar-refractivity contribution is 0.362. The van der Waals surface area contributed by atoms with Crippen LogP contribution in [0.5, 0.6) is 0 Å². The second-order valence-electron chi connectivity index (χ2n) is 3.21. The van der Waals surface area contributed by atoms with E-state index < -0.39 is 9.84 Å². The predicted octanol–water partition coefficient (Wildman–Crippen LogP) is -0.0412. The highest BCUT2D eigenvalue weighted by atomic mass is 35.5. The Morgan fingerprint density at radius 2 is 1.91 bits per heavy atom. The molecule has 2 aliphatic heterocycles.